The first-order chi connectivity index (χ1) is 11.6. The van der Waals surface area contributed by atoms with E-state index in [2.05, 4.69) is 36.2 Å². The zero-order chi connectivity index (χ0) is 16.4. The van der Waals surface area contributed by atoms with Crippen LogP contribution in [0.5, 0.6) is 0 Å². The summed E-state index contributed by atoms with van der Waals surface area (Å²) in [4.78, 5) is 6.31. The first kappa shape index (κ1) is 13.8. The van der Waals surface area contributed by atoms with Crippen molar-refractivity contribution in [1.29, 1.82) is 0 Å². The van der Waals surface area contributed by atoms with E-state index in [0.29, 0.717) is 24.5 Å². The zero-order valence-corrected chi connectivity index (χ0v) is 13.7. The van der Waals surface area contributed by atoms with Gasteiger partial charge in [0, 0.05) is 6.54 Å². The highest BCUT2D eigenvalue weighted by atomic mass is 79.9. The van der Waals surface area contributed by atoms with Gasteiger partial charge in [0.25, 0.3) is 0 Å². The molecule has 4 heterocycles. The molecule has 0 radical (unpaired) electrons. The molecule has 2 aliphatic rings. The first-order valence-corrected chi connectivity index (χ1v) is 8.04. The molecule has 0 aliphatic carbocycles. The molecule has 0 saturated heterocycles. The van der Waals surface area contributed by atoms with Gasteiger partial charge in [-0.05, 0) is 28.1 Å². The Bertz CT molecular complexity index is 1020. The van der Waals surface area contributed by atoms with Crippen LogP contribution in [0.4, 0.5) is 20.3 Å². The number of halogens is 3. The predicted octanol–water partition coefficient (Wildman–Crippen LogP) is 3.23. The monoisotopic (exact) mass is 390 g/mol. The number of hydrogen-bond donors (Lipinski definition) is 1. The molecular formula is C15H9BrF2N6. The highest BCUT2D eigenvalue weighted by molar-refractivity contribution is 9.10. The van der Waals surface area contributed by atoms with E-state index in [0.717, 1.165) is 11.4 Å². The highest BCUT2D eigenvalue weighted by Gasteiger charge is 2.35. The topological polar surface area (TPSA) is 62.1 Å². The fraction of sp³-hybridized carbons (Fsp3) is 0.133. The molecule has 1 aromatic carbocycles. The Labute approximate surface area is 142 Å². The average Bonchev–Trinajstić information content (AvgIpc) is 3.25. The quantitative estimate of drug-likeness (QED) is 0.648. The van der Waals surface area contributed by atoms with Crippen LogP contribution in [0.25, 0.3) is 11.3 Å². The van der Waals surface area contributed by atoms with Gasteiger partial charge in [-0.2, -0.15) is 10.2 Å². The van der Waals surface area contributed by atoms with E-state index >= 15 is 0 Å². The van der Waals surface area contributed by atoms with Crippen molar-refractivity contribution >= 4 is 33.3 Å². The number of H-pyrrole nitrogens is 1. The lowest BCUT2D eigenvalue weighted by molar-refractivity contribution is 0.574. The zero-order valence-electron chi connectivity index (χ0n) is 12.1. The number of anilines is 1. The van der Waals surface area contributed by atoms with E-state index < -0.39 is 11.6 Å². The molecule has 0 amide bonds. The average molecular weight is 391 g/mol. The van der Waals surface area contributed by atoms with Gasteiger partial charge in [-0.25, -0.2) is 18.5 Å². The van der Waals surface area contributed by atoms with Gasteiger partial charge in [0.2, 0.25) is 0 Å². The molecule has 0 saturated carbocycles. The molecule has 3 aromatic rings. The smallest absolute Gasteiger partial charge is 0.151 e. The van der Waals surface area contributed by atoms with Crippen molar-refractivity contribution in [2.45, 2.75) is 6.54 Å². The van der Waals surface area contributed by atoms with Crippen molar-refractivity contribution in [3.8, 4) is 11.3 Å². The molecule has 0 spiro atoms. The minimum absolute atomic E-state index is 0.168. The molecule has 0 fully saturated rings. The highest BCUT2D eigenvalue weighted by Crippen LogP contribution is 2.42. The minimum atomic E-state index is -0.680. The SMILES string of the molecule is Fc1ccc(Br)c(F)c1C1=Nc2cn[nH]c2-c2cnn3c2N1CC3. The Morgan fingerprint density at radius 2 is 2.04 bits per heavy atom. The number of aromatic amines is 1. The number of nitrogens with zero attached hydrogens (tertiary/aromatic N) is 5. The van der Waals surface area contributed by atoms with Crippen molar-refractivity contribution < 1.29 is 8.78 Å². The van der Waals surface area contributed by atoms with E-state index in [-0.39, 0.29) is 15.9 Å². The van der Waals surface area contributed by atoms with Crippen molar-refractivity contribution in [2.75, 3.05) is 11.4 Å². The summed E-state index contributed by atoms with van der Waals surface area (Å²) in [6, 6.07) is 2.56. The summed E-state index contributed by atoms with van der Waals surface area (Å²) >= 11 is 3.12. The molecule has 6 nitrogen and oxygen atoms in total. The van der Waals surface area contributed by atoms with E-state index in [1.807, 2.05) is 0 Å². The lowest BCUT2D eigenvalue weighted by Crippen LogP contribution is -2.31. The third-order valence-corrected chi connectivity index (χ3v) is 4.85. The molecule has 120 valence electrons. The van der Waals surface area contributed by atoms with Crippen molar-refractivity contribution in [1.82, 2.24) is 20.0 Å². The van der Waals surface area contributed by atoms with Crippen LogP contribution in [0.1, 0.15) is 5.56 Å². The summed E-state index contributed by atoms with van der Waals surface area (Å²) in [6.07, 6.45) is 3.25. The van der Waals surface area contributed by atoms with Gasteiger partial charge in [0.15, 0.2) is 5.82 Å². The summed E-state index contributed by atoms with van der Waals surface area (Å²) in [7, 11) is 0. The Morgan fingerprint density at radius 3 is 2.92 bits per heavy atom. The van der Waals surface area contributed by atoms with Gasteiger partial charge in [0.05, 0.1) is 40.2 Å². The van der Waals surface area contributed by atoms with Crippen LogP contribution >= 0.6 is 15.9 Å². The third kappa shape index (κ3) is 1.70. The van der Waals surface area contributed by atoms with Gasteiger partial charge in [-0.15, -0.1) is 0 Å². The lowest BCUT2D eigenvalue weighted by Gasteiger charge is -2.20. The Kier molecular flexibility index (Phi) is 2.73. The number of hydrogen-bond acceptors (Lipinski definition) is 4. The van der Waals surface area contributed by atoms with Gasteiger partial charge < -0.3 is 4.90 Å². The number of aromatic nitrogens is 4. The Hall–Kier alpha value is -2.55. The summed E-state index contributed by atoms with van der Waals surface area (Å²) in [5.74, 6) is -0.372. The van der Waals surface area contributed by atoms with Crippen LogP contribution in [0.3, 0.4) is 0 Å². The van der Waals surface area contributed by atoms with E-state index in [9.17, 15) is 8.78 Å². The predicted molar refractivity (Wildman–Crippen MR) is 87.4 cm³/mol. The second-order valence-electron chi connectivity index (χ2n) is 5.54. The van der Waals surface area contributed by atoms with E-state index in [1.165, 1.54) is 18.3 Å². The van der Waals surface area contributed by atoms with Crippen LogP contribution < -0.4 is 4.90 Å². The van der Waals surface area contributed by atoms with Crippen molar-refractivity contribution in [2.24, 2.45) is 4.99 Å². The van der Waals surface area contributed by atoms with Crippen LogP contribution in [0.15, 0.2) is 34.0 Å². The molecule has 0 unspecified atom stereocenters. The summed E-state index contributed by atoms with van der Waals surface area (Å²) in [6.45, 7) is 1.16. The normalized spacial score (nSPS) is 15.1. The molecule has 1 N–H and O–H groups in total. The van der Waals surface area contributed by atoms with Crippen molar-refractivity contribution in [3.05, 3.63) is 46.2 Å². The van der Waals surface area contributed by atoms with Crippen LogP contribution in [0.2, 0.25) is 0 Å². The summed E-state index contributed by atoms with van der Waals surface area (Å²) < 4.78 is 31.1. The van der Waals surface area contributed by atoms with Gasteiger partial charge in [-0.3, -0.25) is 5.10 Å². The summed E-state index contributed by atoms with van der Waals surface area (Å²) in [5.41, 5.74) is 1.86. The maximum Gasteiger partial charge on any atom is 0.151 e. The molecule has 2 aliphatic heterocycles. The largest absolute Gasteiger partial charge is 0.308 e. The number of benzene rings is 1. The minimum Gasteiger partial charge on any atom is -0.308 e. The Morgan fingerprint density at radius 1 is 1.17 bits per heavy atom. The fourth-order valence-corrected chi connectivity index (χ4v) is 3.50. The van der Waals surface area contributed by atoms with Crippen molar-refractivity contribution in [3.63, 3.8) is 0 Å². The van der Waals surface area contributed by atoms with Crippen LogP contribution in [-0.2, 0) is 6.54 Å². The molecule has 5 rings (SSSR count). The molecule has 2 aromatic heterocycles. The number of amidine groups is 1. The van der Waals surface area contributed by atoms with E-state index in [4.69, 9.17) is 0 Å². The van der Waals surface area contributed by atoms with Gasteiger partial charge >= 0.3 is 0 Å². The van der Waals surface area contributed by atoms with E-state index in [1.54, 1.807) is 15.8 Å². The standard InChI is InChI=1S/C15H9BrF2N6/c16-8-1-2-9(17)11(12(8)18)14-21-10-6-19-22-13(10)7-5-20-24-4-3-23(14)15(7)24/h1-2,5-6H,3-4H2,(H,19,22). The number of rotatable bonds is 1. The van der Waals surface area contributed by atoms with Gasteiger partial charge in [-0.1, -0.05) is 0 Å². The Balaban J connectivity index is 1.84. The maximum atomic E-state index is 14.7. The molecule has 24 heavy (non-hydrogen) atoms. The second-order valence-corrected chi connectivity index (χ2v) is 6.39. The number of aliphatic imine (C=N–C) groups is 1. The number of fused-ring (bicyclic) bond motifs is 2. The third-order valence-electron chi connectivity index (χ3n) is 4.24. The second kappa shape index (κ2) is 4.73. The van der Waals surface area contributed by atoms with Gasteiger partial charge in [0.1, 0.15) is 23.2 Å². The molecule has 0 atom stereocenters. The molecule has 0 bridgehead atoms. The van der Waals surface area contributed by atoms with Crippen LogP contribution in [-0.4, -0.2) is 32.4 Å². The number of nitrogens with one attached hydrogen (secondary N) is 1. The first-order valence-electron chi connectivity index (χ1n) is 7.25. The summed E-state index contributed by atoms with van der Waals surface area (Å²) in [5, 5.41) is 11.2. The maximum absolute atomic E-state index is 14.7. The molecule has 9 heteroatoms. The lowest BCUT2D eigenvalue weighted by atomic mass is 10.1. The van der Waals surface area contributed by atoms with Crippen LogP contribution in [0, 0.1) is 11.6 Å². The fourth-order valence-electron chi connectivity index (χ4n) is 3.17. The molecular weight excluding hydrogens is 382 g/mol.